The van der Waals surface area contributed by atoms with Crippen LogP contribution in [0.4, 0.5) is 0 Å². The molecule has 0 aromatic carbocycles. The molecule has 1 N–H and O–H groups in total. The highest BCUT2D eigenvalue weighted by atomic mass is 16.3. The van der Waals surface area contributed by atoms with Crippen LogP contribution in [-0.2, 0) is 4.79 Å². The molecular weight excluding hydrogens is 176 g/mol. The zero-order chi connectivity index (χ0) is 10.6. The van der Waals surface area contributed by atoms with Gasteiger partial charge in [0.25, 0.3) is 0 Å². The van der Waals surface area contributed by atoms with Gasteiger partial charge in [0.15, 0.2) is 0 Å². The van der Waals surface area contributed by atoms with E-state index in [1.54, 1.807) is 0 Å². The molecule has 0 aromatic heterocycles. The number of hydrogen-bond donors (Lipinski definition) is 1. The van der Waals surface area contributed by atoms with Crippen LogP contribution in [0.1, 0.15) is 52.4 Å². The van der Waals surface area contributed by atoms with Crippen LogP contribution in [0.2, 0.25) is 0 Å². The first-order valence-electron chi connectivity index (χ1n) is 5.39. The summed E-state index contributed by atoms with van der Waals surface area (Å²) < 4.78 is 0. The van der Waals surface area contributed by atoms with Crippen LogP contribution in [0.3, 0.4) is 0 Å². The van der Waals surface area contributed by atoms with Gasteiger partial charge in [-0.25, -0.2) is 0 Å². The predicted molar refractivity (Wildman–Crippen MR) is 57.1 cm³/mol. The molecule has 2 nitrogen and oxygen atoms in total. The highest BCUT2D eigenvalue weighted by molar-refractivity contribution is 5.81. The fourth-order valence-corrected chi connectivity index (χ4v) is 1.74. The topological polar surface area (TPSA) is 37.3 Å². The van der Waals surface area contributed by atoms with Crippen LogP contribution in [-0.4, -0.2) is 16.5 Å². The summed E-state index contributed by atoms with van der Waals surface area (Å²) in [6.07, 6.45) is 7.23. The van der Waals surface area contributed by atoms with Crippen molar-refractivity contribution in [1.82, 2.24) is 0 Å². The lowest BCUT2D eigenvalue weighted by Crippen LogP contribution is -2.18. The van der Waals surface area contributed by atoms with E-state index in [2.05, 4.69) is 6.08 Å². The summed E-state index contributed by atoms with van der Waals surface area (Å²) in [5, 5.41) is 9.52. The Morgan fingerprint density at radius 3 is 2.64 bits per heavy atom. The van der Waals surface area contributed by atoms with Gasteiger partial charge in [0, 0.05) is 12.8 Å². The molecule has 1 aliphatic rings. The molecular formula is C12H20O2. The molecule has 0 amide bonds. The number of ketones is 1. The lowest BCUT2D eigenvalue weighted by molar-refractivity contribution is -0.118. The van der Waals surface area contributed by atoms with Crippen LogP contribution in [0.15, 0.2) is 11.6 Å². The van der Waals surface area contributed by atoms with E-state index in [1.165, 1.54) is 5.57 Å². The molecule has 80 valence electrons. The van der Waals surface area contributed by atoms with E-state index >= 15 is 0 Å². The Kier molecular flexibility index (Phi) is 3.87. The highest BCUT2D eigenvalue weighted by Crippen LogP contribution is 2.22. The predicted octanol–water partition coefficient (Wildman–Crippen LogP) is 2.61. The Balaban J connectivity index is 2.22. The van der Waals surface area contributed by atoms with Crippen molar-refractivity contribution in [1.29, 1.82) is 0 Å². The average molecular weight is 196 g/mol. The third-order valence-corrected chi connectivity index (χ3v) is 2.63. The zero-order valence-corrected chi connectivity index (χ0v) is 9.18. The van der Waals surface area contributed by atoms with Crippen molar-refractivity contribution in [2.45, 2.75) is 58.0 Å². The van der Waals surface area contributed by atoms with Gasteiger partial charge < -0.3 is 5.11 Å². The van der Waals surface area contributed by atoms with Crippen LogP contribution < -0.4 is 0 Å². The van der Waals surface area contributed by atoms with Crippen LogP contribution in [0.5, 0.6) is 0 Å². The molecule has 0 radical (unpaired) electrons. The Morgan fingerprint density at radius 2 is 2.14 bits per heavy atom. The van der Waals surface area contributed by atoms with Gasteiger partial charge in [-0.15, -0.1) is 0 Å². The molecule has 0 aliphatic heterocycles. The Hall–Kier alpha value is -0.630. The number of rotatable bonds is 4. The summed E-state index contributed by atoms with van der Waals surface area (Å²) in [6, 6.07) is 0. The van der Waals surface area contributed by atoms with Crippen molar-refractivity contribution in [3.05, 3.63) is 11.6 Å². The minimum absolute atomic E-state index is 0.358. The molecule has 0 spiro atoms. The molecule has 2 heteroatoms. The van der Waals surface area contributed by atoms with Gasteiger partial charge in [-0.05, 0) is 39.5 Å². The van der Waals surface area contributed by atoms with Gasteiger partial charge in [-0.3, -0.25) is 4.79 Å². The summed E-state index contributed by atoms with van der Waals surface area (Å²) in [6.45, 7) is 3.68. The lowest BCUT2D eigenvalue weighted by atomic mass is 9.92. The molecule has 1 aliphatic carbocycles. The number of hydrogen-bond acceptors (Lipinski definition) is 2. The number of carbonyl (C=O) groups is 1. The second kappa shape index (κ2) is 4.74. The third kappa shape index (κ3) is 4.56. The highest BCUT2D eigenvalue weighted by Gasteiger charge is 2.14. The number of aliphatic hydroxyl groups is 1. The summed E-state index contributed by atoms with van der Waals surface area (Å²) in [4.78, 5) is 11.0. The Bertz CT molecular complexity index is 233. The van der Waals surface area contributed by atoms with Crippen molar-refractivity contribution < 1.29 is 9.90 Å². The molecule has 1 rings (SSSR count). The SMILES string of the molecule is CC(C)(O)CCCC1=CCC(=O)CC1. The summed E-state index contributed by atoms with van der Waals surface area (Å²) in [5.74, 6) is 0.358. The maximum Gasteiger partial charge on any atom is 0.136 e. The molecule has 0 saturated heterocycles. The normalized spacial score (nSPS) is 18.2. The second-order valence-corrected chi connectivity index (χ2v) is 4.77. The molecule has 0 unspecified atom stereocenters. The van der Waals surface area contributed by atoms with Gasteiger partial charge >= 0.3 is 0 Å². The fraction of sp³-hybridized carbons (Fsp3) is 0.750. The van der Waals surface area contributed by atoms with E-state index in [0.717, 1.165) is 25.7 Å². The van der Waals surface area contributed by atoms with Crippen molar-refractivity contribution in [2.75, 3.05) is 0 Å². The fourth-order valence-electron chi connectivity index (χ4n) is 1.74. The first-order valence-corrected chi connectivity index (χ1v) is 5.39. The molecule has 0 atom stereocenters. The molecule has 0 heterocycles. The molecule has 0 aromatic rings. The van der Waals surface area contributed by atoms with E-state index < -0.39 is 5.60 Å². The average Bonchev–Trinajstić information content (AvgIpc) is 2.06. The summed E-state index contributed by atoms with van der Waals surface area (Å²) in [7, 11) is 0. The van der Waals surface area contributed by atoms with Crippen LogP contribution >= 0.6 is 0 Å². The quantitative estimate of drug-likeness (QED) is 0.702. The molecule has 0 bridgehead atoms. The van der Waals surface area contributed by atoms with Crippen molar-refractivity contribution in [2.24, 2.45) is 0 Å². The van der Waals surface area contributed by atoms with Crippen molar-refractivity contribution >= 4 is 5.78 Å². The monoisotopic (exact) mass is 196 g/mol. The van der Waals surface area contributed by atoms with Gasteiger partial charge in [0.05, 0.1) is 5.60 Å². The van der Waals surface area contributed by atoms with Crippen LogP contribution in [0.25, 0.3) is 0 Å². The maximum atomic E-state index is 11.0. The van der Waals surface area contributed by atoms with Gasteiger partial charge in [0.2, 0.25) is 0 Å². The maximum absolute atomic E-state index is 11.0. The smallest absolute Gasteiger partial charge is 0.136 e. The Morgan fingerprint density at radius 1 is 1.43 bits per heavy atom. The number of Topliss-reactive ketones (excluding diaryl/α,β-unsaturated/α-hetero) is 1. The van der Waals surface area contributed by atoms with Gasteiger partial charge in [-0.1, -0.05) is 11.6 Å². The first kappa shape index (κ1) is 11.4. The van der Waals surface area contributed by atoms with Gasteiger partial charge in [0.1, 0.15) is 5.78 Å². The van der Waals surface area contributed by atoms with E-state index in [-0.39, 0.29) is 0 Å². The van der Waals surface area contributed by atoms with E-state index in [0.29, 0.717) is 18.6 Å². The Labute approximate surface area is 86.0 Å². The number of carbonyl (C=O) groups excluding carboxylic acids is 1. The van der Waals surface area contributed by atoms with Crippen molar-refractivity contribution in [3.63, 3.8) is 0 Å². The molecule has 0 saturated carbocycles. The summed E-state index contributed by atoms with van der Waals surface area (Å²) in [5.41, 5.74) is 0.847. The number of allylic oxidation sites excluding steroid dienone is 2. The largest absolute Gasteiger partial charge is 0.390 e. The molecule has 14 heavy (non-hydrogen) atoms. The third-order valence-electron chi connectivity index (χ3n) is 2.63. The minimum Gasteiger partial charge on any atom is -0.390 e. The zero-order valence-electron chi connectivity index (χ0n) is 9.18. The summed E-state index contributed by atoms with van der Waals surface area (Å²) >= 11 is 0. The van der Waals surface area contributed by atoms with E-state index in [4.69, 9.17) is 0 Å². The van der Waals surface area contributed by atoms with Crippen molar-refractivity contribution in [3.8, 4) is 0 Å². The molecule has 0 fully saturated rings. The second-order valence-electron chi connectivity index (χ2n) is 4.77. The van der Waals surface area contributed by atoms with E-state index in [1.807, 2.05) is 13.8 Å². The minimum atomic E-state index is -0.551. The standard InChI is InChI=1S/C12H20O2/c1-12(2,14)9-3-4-10-5-7-11(13)8-6-10/h5,14H,3-4,6-9H2,1-2H3. The first-order chi connectivity index (χ1) is 6.47. The van der Waals surface area contributed by atoms with Gasteiger partial charge in [-0.2, -0.15) is 0 Å². The lowest BCUT2D eigenvalue weighted by Gasteiger charge is -2.18. The van der Waals surface area contributed by atoms with Crippen LogP contribution in [0, 0.1) is 0 Å². The van der Waals surface area contributed by atoms with E-state index in [9.17, 15) is 9.90 Å².